The molecule has 1 aromatic rings. The van der Waals surface area contributed by atoms with Crippen LogP contribution in [-0.4, -0.2) is 42.8 Å². The van der Waals surface area contributed by atoms with Gasteiger partial charge in [0.15, 0.2) is 0 Å². The Hall–Kier alpha value is -0.420. The Morgan fingerprint density at radius 2 is 2.12 bits per heavy atom. The van der Waals surface area contributed by atoms with Gasteiger partial charge in [-0.3, -0.25) is 4.90 Å². The molecule has 1 fully saturated rings. The number of nitrogens with one attached hydrogen (secondary N) is 1. The van der Waals surface area contributed by atoms with E-state index in [0.717, 1.165) is 30.7 Å². The lowest BCUT2D eigenvalue weighted by molar-refractivity contribution is 0.111. The summed E-state index contributed by atoms with van der Waals surface area (Å²) in [5.41, 5.74) is 2.41. The smallest absolute Gasteiger partial charge is 0.0628 e. The maximum Gasteiger partial charge on any atom is 0.0628 e. The molecule has 0 unspecified atom stereocenters. The highest BCUT2D eigenvalue weighted by molar-refractivity contribution is 9.10. The van der Waals surface area contributed by atoms with Crippen LogP contribution in [-0.2, 0) is 0 Å². The van der Waals surface area contributed by atoms with E-state index in [1.54, 1.807) is 0 Å². The fourth-order valence-corrected chi connectivity index (χ4v) is 2.64. The Labute approximate surface area is 111 Å². The van der Waals surface area contributed by atoms with Crippen molar-refractivity contribution in [1.82, 2.24) is 10.2 Å². The lowest BCUT2D eigenvalue weighted by Gasteiger charge is -2.34. The highest BCUT2D eigenvalue weighted by atomic mass is 79.9. The van der Waals surface area contributed by atoms with Crippen molar-refractivity contribution in [2.45, 2.75) is 13.0 Å². The van der Waals surface area contributed by atoms with Gasteiger partial charge in [-0.1, -0.05) is 28.1 Å². The Morgan fingerprint density at radius 1 is 1.41 bits per heavy atom. The zero-order valence-electron chi connectivity index (χ0n) is 10.1. The molecule has 2 N–H and O–H groups in total. The number of hydrogen-bond acceptors (Lipinski definition) is 3. The summed E-state index contributed by atoms with van der Waals surface area (Å²) in [5, 5.41) is 12.9. The minimum absolute atomic E-state index is 0.119. The largest absolute Gasteiger partial charge is 0.394 e. The van der Waals surface area contributed by atoms with Gasteiger partial charge in [0.2, 0.25) is 0 Å². The van der Waals surface area contributed by atoms with Crippen molar-refractivity contribution >= 4 is 15.9 Å². The maximum atomic E-state index is 9.61. The predicted octanol–water partition coefficient (Wildman–Crippen LogP) is 1.70. The summed E-state index contributed by atoms with van der Waals surface area (Å²) in [7, 11) is 0. The molecular weight excluding hydrogens is 280 g/mol. The molecule has 0 bridgehead atoms. The van der Waals surface area contributed by atoms with Crippen LogP contribution in [0.5, 0.6) is 0 Å². The molecule has 2 rings (SSSR count). The summed E-state index contributed by atoms with van der Waals surface area (Å²) in [5.74, 6) is 0. The second kappa shape index (κ2) is 5.96. The minimum atomic E-state index is 0.119. The van der Waals surface area contributed by atoms with Gasteiger partial charge in [-0.05, 0) is 24.1 Å². The molecule has 0 aromatic heterocycles. The molecule has 0 aliphatic carbocycles. The normalized spacial score (nSPS) is 19.2. The number of halogens is 1. The van der Waals surface area contributed by atoms with Crippen molar-refractivity contribution in [1.29, 1.82) is 0 Å². The third-order valence-electron chi connectivity index (χ3n) is 3.35. The van der Waals surface area contributed by atoms with Gasteiger partial charge < -0.3 is 10.4 Å². The first-order chi connectivity index (χ1) is 8.22. The van der Waals surface area contributed by atoms with E-state index < -0.39 is 0 Å². The molecule has 1 heterocycles. The van der Waals surface area contributed by atoms with Gasteiger partial charge in [0.25, 0.3) is 0 Å². The average Bonchev–Trinajstić information content (AvgIpc) is 2.36. The highest BCUT2D eigenvalue weighted by Gasteiger charge is 2.21. The van der Waals surface area contributed by atoms with Crippen molar-refractivity contribution in [3.8, 4) is 0 Å². The summed E-state index contributed by atoms with van der Waals surface area (Å²) < 4.78 is 1.11. The van der Waals surface area contributed by atoms with Crippen LogP contribution in [0.3, 0.4) is 0 Å². The van der Waals surface area contributed by atoms with Gasteiger partial charge in [0, 0.05) is 30.7 Å². The van der Waals surface area contributed by atoms with Gasteiger partial charge in [0.1, 0.15) is 0 Å². The topological polar surface area (TPSA) is 35.5 Å². The molecule has 0 radical (unpaired) electrons. The second-order valence-corrected chi connectivity index (χ2v) is 5.35. The summed E-state index contributed by atoms with van der Waals surface area (Å²) in [4.78, 5) is 2.34. The zero-order valence-corrected chi connectivity index (χ0v) is 11.7. The van der Waals surface area contributed by atoms with E-state index in [1.165, 1.54) is 11.1 Å². The number of aryl methyl sites for hydroxylation is 1. The van der Waals surface area contributed by atoms with Crippen LogP contribution in [0, 0.1) is 6.92 Å². The summed E-state index contributed by atoms with van der Waals surface area (Å²) in [6.07, 6.45) is 0. The molecule has 1 aliphatic rings. The first-order valence-electron chi connectivity index (χ1n) is 6.04. The second-order valence-electron chi connectivity index (χ2n) is 4.49. The number of aliphatic hydroxyl groups excluding tert-OH is 1. The Bertz CT molecular complexity index is 378. The van der Waals surface area contributed by atoms with Crippen molar-refractivity contribution < 1.29 is 5.11 Å². The first kappa shape index (κ1) is 13.0. The van der Waals surface area contributed by atoms with E-state index in [9.17, 15) is 5.11 Å². The quantitative estimate of drug-likeness (QED) is 0.892. The average molecular weight is 299 g/mol. The lowest BCUT2D eigenvalue weighted by atomic mass is 10.0. The van der Waals surface area contributed by atoms with Crippen LogP contribution < -0.4 is 5.32 Å². The molecule has 4 heteroatoms. The minimum Gasteiger partial charge on any atom is -0.394 e. The Morgan fingerprint density at radius 3 is 2.71 bits per heavy atom. The van der Waals surface area contributed by atoms with E-state index in [2.05, 4.69) is 51.3 Å². The van der Waals surface area contributed by atoms with E-state index in [-0.39, 0.29) is 12.6 Å². The predicted molar refractivity (Wildman–Crippen MR) is 73.1 cm³/mol. The van der Waals surface area contributed by atoms with Gasteiger partial charge in [-0.15, -0.1) is 0 Å². The van der Waals surface area contributed by atoms with Crippen LogP contribution in [0.15, 0.2) is 22.7 Å². The van der Waals surface area contributed by atoms with Gasteiger partial charge >= 0.3 is 0 Å². The molecule has 94 valence electrons. The fraction of sp³-hybridized carbons (Fsp3) is 0.538. The van der Waals surface area contributed by atoms with Crippen molar-refractivity contribution in [3.63, 3.8) is 0 Å². The highest BCUT2D eigenvalue weighted by Crippen LogP contribution is 2.25. The molecule has 17 heavy (non-hydrogen) atoms. The van der Waals surface area contributed by atoms with Gasteiger partial charge in [-0.25, -0.2) is 0 Å². The number of nitrogens with zero attached hydrogens (tertiary/aromatic N) is 1. The molecule has 0 amide bonds. The standard InChI is InChI=1S/C13H19BrN2O/c1-10-2-3-11(8-12(10)14)13(9-17)16-6-4-15-5-7-16/h2-3,8,13,15,17H,4-7,9H2,1H3/t13-/m0/s1. The summed E-state index contributed by atoms with van der Waals surface area (Å²) >= 11 is 3.56. The van der Waals surface area contributed by atoms with Crippen molar-refractivity contribution in [2.24, 2.45) is 0 Å². The molecular formula is C13H19BrN2O. The van der Waals surface area contributed by atoms with E-state index in [4.69, 9.17) is 0 Å². The number of rotatable bonds is 3. The van der Waals surface area contributed by atoms with E-state index >= 15 is 0 Å². The van der Waals surface area contributed by atoms with Crippen molar-refractivity contribution in [2.75, 3.05) is 32.8 Å². The third kappa shape index (κ3) is 3.07. The third-order valence-corrected chi connectivity index (χ3v) is 4.20. The molecule has 1 aliphatic heterocycles. The fourth-order valence-electron chi connectivity index (χ4n) is 2.24. The number of benzene rings is 1. The first-order valence-corrected chi connectivity index (χ1v) is 6.83. The van der Waals surface area contributed by atoms with Gasteiger partial charge in [-0.2, -0.15) is 0 Å². The molecule has 3 nitrogen and oxygen atoms in total. The monoisotopic (exact) mass is 298 g/mol. The van der Waals surface area contributed by atoms with Gasteiger partial charge in [0.05, 0.1) is 12.6 Å². The van der Waals surface area contributed by atoms with E-state index in [1.807, 2.05) is 0 Å². The SMILES string of the molecule is Cc1ccc([C@H](CO)N2CCNCC2)cc1Br. The zero-order chi connectivity index (χ0) is 12.3. The number of hydrogen-bond donors (Lipinski definition) is 2. The molecule has 0 saturated carbocycles. The van der Waals surface area contributed by atoms with E-state index in [0.29, 0.717) is 0 Å². The van der Waals surface area contributed by atoms with Crippen molar-refractivity contribution in [3.05, 3.63) is 33.8 Å². The van der Waals surface area contributed by atoms with Crippen LogP contribution in [0.2, 0.25) is 0 Å². The number of piperazine rings is 1. The molecule has 1 aromatic carbocycles. The van der Waals surface area contributed by atoms with Crippen LogP contribution >= 0.6 is 15.9 Å². The molecule has 1 saturated heterocycles. The Kier molecular flexibility index (Phi) is 4.56. The summed E-state index contributed by atoms with van der Waals surface area (Å²) in [6.45, 7) is 6.25. The Balaban J connectivity index is 2.18. The lowest BCUT2D eigenvalue weighted by Crippen LogP contribution is -2.46. The maximum absolute atomic E-state index is 9.61. The number of aliphatic hydroxyl groups is 1. The van der Waals surface area contributed by atoms with Crippen LogP contribution in [0.25, 0.3) is 0 Å². The molecule has 0 spiro atoms. The van der Waals surface area contributed by atoms with Crippen LogP contribution in [0.1, 0.15) is 17.2 Å². The summed E-state index contributed by atoms with van der Waals surface area (Å²) in [6, 6.07) is 6.46. The van der Waals surface area contributed by atoms with Crippen LogP contribution in [0.4, 0.5) is 0 Å². The molecule has 1 atom stereocenters.